The highest BCUT2D eigenvalue weighted by Crippen LogP contribution is 2.13. The van der Waals surface area contributed by atoms with Crippen LogP contribution in [0.5, 0.6) is 0 Å². The third-order valence-electron chi connectivity index (χ3n) is 3.71. The van der Waals surface area contributed by atoms with Gasteiger partial charge in [-0.15, -0.1) is 35.0 Å². The highest BCUT2D eigenvalue weighted by molar-refractivity contribution is 5.85. The Morgan fingerprint density at radius 2 is 2.18 bits per heavy atom. The molecule has 0 saturated carbocycles. The molecule has 0 radical (unpaired) electrons. The van der Waals surface area contributed by atoms with Gasteiger partial charge >= 0.3 is 0 Å². The van der Waals surface area contributed by atoms with Crippen molar-refractivity contribution in [1.29, 1.82) is 0 Å². The van der Waals surface area contributed by atoms with Gasteiger partial charge in [0.15, 0.2) is 11.5 Å². The fourth-order valence-corrected chi connectivity index (χ4v) is 2.61. The van der Waals surface area contributed by atoms with Crippen molar-refractivity contribution in [3.63, 3.8) is 0 Å². The molecule has 3 rings (SSSR count). The van der Waals surface area contributed by atoms with E-state index in [1.807, 2.05) is 35.7 Å². The second kappa shape index (κ2) is 8.31. The Morgan fingerprint density at radius 1 is 1.36 bits per heavy atom. The Bertz CT molecular complexity index is 612. The summed E-state index contributed by atoms with van der Waals surface area (Å²) < 4.78 is 1.90. The number of carbonyl (C=O) groups excluding carboxylic acids is 1. The molecule has 1 aliphatic heterocycles. The Morgan fingerprint density at radius 3 is 2.91 bits per heavy atom. The van der Waals surface area contributed by atoms with E-state index in [2.05, 4.69) is 20.8 Å². The first-order valence-corrected chi connectivity index (χ1v) is 7.09. The molecule has 0 aromatic carbocycles. The number of aromatic nitrogens is 3. The number of hydrogen-bond donors (Lipinski definition) is 2. The molecule has 1 fully saturated rings. The minimum absolute atomic E-state index is 0. The second-order valence-corrected chi connectivity index (χ2v) is 5.22. The summed E-state index contributed by atoms with van der Waals surface area (Å²) in [5.41, 5.74) is 0.791. The van der Waals surface area contributed by atoms with Crippen LogP contribution in [0.25, 0.3) is 5.65 Å². The average molecular weight is 346 g/mol. The van der Waals surface area contributed by atoms with Gasteiger partial charge in [0.1, 0.15) is 0 Å². The molecule has 2 aromatic heterocycles. The predicted octanol–water partition coefficient (Wildman–Crippen LogP) is 1.89. The van der Waals surface area contributed by atoms with Crippen LogP contribution >= 0.6 is 24.8 Å². The summed E-state index contributed by atoms with van der Waals surface area (Å²) in [5, 5.41) is 14.5. The Kier molecular flexibility index (Phi) is 7.06. The molecule has 1 amide bonds. The van der Waals surface area contributed by atoms with Crippen LogP contribution in [-0.4, -0.2) is 33.1 Å². The first-order valence-electron chi connectivity index (χ1n) is 7.09. The number of pyridine rings is 1. The van der Waals surface area contributed by atoms with E-state index < -0.39 is 0 Å². The summed E-state index contributed by atoms with van der Waals surface area (Å²) in [5.74, 6) is 0.801. The molecule has 1 aliphatic rings. The quantitative estimate of drug-likeness (QED) is 0.890. The Balaban J connectivity index is 0.00000121. The van der Waals surface area contributed by atoms with Gasteiger partial charge in [-0.1, -0.05) is 12.5 Å². The van der Waals surface area contributed by atoms with Gasteiger partial charge in [-0.25, -0.2) is 0 Å². The highest BCUT2D eigenvalue weighted by Gasteiger charge is 2.23. The van der Waals surface area contributed by atoms with Gasteiger partial charge in [0, 0.05) is 6.20 Å². The van der Waals surface area contributed by atoms with Gasteiger partial charge in [0.05, 0.1) is 12.1 Å². The standard InChI is InChI=1S/C14H19N5O.2ClH/c1-10(16-14(20)11-6-2-4-8-15-11)13-18-17-12-7-3-5-9-19(12)13;;/h3,5,7,9-11,15H,2,4,6,8H2,1H3,(H,16,20);2*1H/t10?,11-;;/m1../s1. The molecular weight excluding hydrogens is 325 g/mol. The summed E-state index contributed by atoms with van der Waals surface area (Å²) in [6, 6.07) is 5.50. The molecular formula is C14H21Cl2N5O. The molecule has 2 atom stereocenters. The summed E-state index contributed by atoms with van der Waals surface area (Å²) in [7, 11) is 0. The normalized spacial score (nSPS) is 18.9. The number of fused-ring (bicyclic) bond motifs is 1. The largest absolute Gasteiger partial charge is 0.345 e. The zero-order valence-corrected chi connectivity index (χ0v) is 14.0. The SMILES string of the molecule is CC(NC(=O)[C@H]1CCCCN1)c1nnc2ccccn12.Cl.Cl. The topological polar surface area (TPSA) is 71.3 Å². The smallest absolute Gasteiger partial charge is 0.237 e. The van der Waals surface area contributed by atoms with E-state index in [0.29, 0.717) is 0 Å². The van der Waals surface area contributed by atoms with Gasteiger partial charge in [0.2, 0.25) is 5.91 Å². The zero-order chi connectivity index (χ0) is 13.9. The van der Waals surface area contributed by atoms with Gasteiger partial charge in [0.25, 0.3) is 0 Å². The lowest BCUT2D eigenvalue weighted by Gasteiger charge is -2.24. The zero-order valence-electron chi connectivity index (χ0n) is 12.4. The summed E-state index contributed by atoms with van der Waals surface area (Å²) in [6.45, 7) is 2.85. The van der Waals surface area contributed by atoms with Crippen LogP contribution < -0.4 is 10.6 Å². The molecule has 3 heterocycles. The van der Waals surface area contributed by atoms with E-state index in [1.54, 1.807) is 0 Å². The Hall–Kier alpha value is -1.37. The van der Waals surface area contributed by atoms with E-state index in [1.165, 1.54) is 0 Å². The van der Waals surface area contributed by atoms with Crippen LogP contribution in [0.4, 0.5) is 0 Å². The van der Waals surface area contributed by atoms with Crippen LogP contribution in [0.1, 0.15) is 38.1 Å². The maximum Gasteiger partial charge on any atom is 0.237 e. The van der Waals surface area contributed by atoms with E-state index in [4.69, 9.17) is 0 Å². The minimum Gasteiger partial charge on any atom is -0.345 e. The molecule has 1 saturated heterocycles. The fraction of sp³-hybridized carbons (Fsp3) is 0.500. The molecule has 0 aliphatic carbocycles. The van der Waals surface area contributed by atoms with Crippen LogP contribution in [0, 0.1) is 0 Å². The van der Waals surface area contributed by atoms with Crippen LogP contribution in [0.15, 0.2) is 24.4 Å². The molecule has 22 heavy (non-hydrogen) atoms. The van der Waals surface area contributed by atoms with Crippen molar-refractivity contribution in [2.24, 2.45) is 0 Å². The predicted molar refractivity (Wildman–Crippen MR) is 89.7 cm³/mol. The van der Waals surface area contributed by atoms with Crippen LogP contribution in [0.3, 0.4) is 0 Å². The van der Waals surface area contributed by atoms with Gasteiger partial charge < -0.3 is 10.6 Å². The van der Waals surface area contributed by atoms with Crippen LogP contribution in [-0.2, 0) is 4.79 Å². The van der Waals surface area contributed by atoms with E-state index >= 15 is 0 Å². The van der Waals surface area contributed by atoms with Gasteiger partial charge in [-0.2, -0.15) is 0 Å². The summed E-state index contributed by atoms with van der Waals surface area (Å²) >= 11 is 0. The number of amides is 1. The van der Waals surface area contributed by atoms with Crippen molar-refractivity contribution in [2.75, 3.05) is 6.54 Å². The van der Waals surface area contributed by atoms with Gasteiger partial charge in [-0.3, -0.25) is 9.20 Å². The molecule has 122 valence electrons. The van der Waals surface area contributed by atoms with Crippen molar-refractivity contribution in [1.82, 2.24) is 25.2 Å². The second-order valence-electron chi connectivity index (χ2n) is 5.22. The highest BCUT2D eigenvalue weighted by atomic mass is 35.5. The average Bonchev–Trinajstić information content (AvgIpc) is 2.92. The number of hydrogen-bond acceptors (Lipinski definition) is 4. The fourth-order valence-electron chi connectivity index (χ4n) is 2.61. The molecule has 0 bridgehead atoms. The van der Waals surface area contributed by atoms with E-state index in [9.17, 15) is 4.79 Å². The molecule has 8 heteroatoms. The van der Waals surface area contributed by atoms with E-state index in [0.717, 1.165) is 37.3 Å². The molecule has 2 N–H and O–H groups in total. The number of piperidine rings is 1. The summed E-state index contributed by atoms with van der Waals surface area (Å²) in [4.78, 5) is 12.2. The molecule has 1 unspecified atom stereocenters. The third-order valence-corrected chi connectivity index (χ3v) is 3.71. The number of carbonyl (C=O) groups is 1. The number of nitrogens with zero attached hydrogens (tertiary/aromatic N) is 3. The van der Waals surface area contributed by atoms with Crippen molar-refractivity contribution >= 4 is 36.4 Å². The minimum atomic E-state index is -0.163. The summed E-state index contributed by atoms with van der Waals surface area (Å²) in [6.07, 6.45) is 5.06. The maximum absolute atomic E-state index is 12.2. The first-order chi connectivity index (χ1) is 9.75. The maximum atomic E-state index is 12.2. The van der Waals surface area contributed by atoms with E-state index in [-0.39, 0.29) is 42.8 Å². The van der Waals surface area contributed by atoms with Gasteiger partial charge in [-0.05, 0) is 38.4 Å². The lowest BCUT2D eigenvalue weighted by molar-refractivity contribution is -0.124. The van der Waals surface area contributed by atoms with Crippen molar-refractivity contribution < 1.29 is 4.79 Å². The van der Waals surface area contributed by atoms with Crippen molar-refractivity contribution in [2.45, 2.75) is 38.3 Å². The van der Waals surface area contributed by atoms with Crippen molar-refractivity contribution in [3.8, 4) is 0 Å². The number of rotatable bonds is 3. The van der Waals surface area contributed by atoms with Crippen molar-refractivity contribution in [3.05, 3.63) is 30.2 Å². The lowest BCUT2D eigenvalue weighted by Crippen LogP contribution is -2.47. The number of halogens is 2. The lowest BCUT2D eigenvalue weighted by atomic mass is 10.0. The third kappa shape index (κ3) is 3.88. The molecule has 2 aromatic rings. The Labute approximate surface area is 141 Å². The molecule has 6 nitrogen and oxygen atoms in total. The number of nitrogens with one attached hydrogen (secondary N) is 2. The molecule has 0 spiro atoms. The monoisotopic (exact) mass is 345 g/mol. The van der Waals surface area contributed by atoms with Crippen LogP contribution in [0.2, 0.25) is 0 Å². The first kappa shape index (κ1) is 18.7.